The van der Waals surface area contributed by atoms with Gasteiger partial charge in [-0.15, -0.1) is 0 Å². The van der Waals surface area contributed by atoms with Crippen LogP contribution < -0.4 is 5.32 Å². The molecule has 1 N–H and O–H groups in total. The van der Waals surface area contributed by atoms with E-state index in [0.29, 0.717) is 5.56 Å². The molecule has 2 rings (SSSR count). The van der Waals surface area contributed by atoms with Gasteiger partial charge in [-0.2, -0.15) is 5.26 Å². The van der Waals surface area contributed by atoms with E-state index in [1.54, 1.807) is 6.07 Å². The summed E-state index contributed by atoms with van der Waals surface area (Å²) in [6, 6.07) is 7.83. The summed E-state index contributed by atoms with van der Waals surface area (Å²) in [5.41, 5.74) is 0.961. The van der Waals surface area contributed by atoms with Crippen LogP contribution >= 0.6 is 15.9 Å². The lowest BCUT2D eigenvalue weighted by molar-refractivity contribution is 0.0920. The second-order valence-electron chi connectivity index (χ2n) is 4.87. The van der Waals surface area contributed by atoms with Crippen LogP contribution in [0, 0.1) is 18.3 Å². The van der Waals surface area contributed by atoms with Crippen LogP contribution in [-0.2, 0) is 0 Å². The van der Waals surface area contributed by atoms with Crippen molar-refractivity contribution in [2.75, 3.05) is 0 Å². The lowest BCUT2D eigenvalue weighted by Crippen LogP contribution is -2.45. The summed E-state index contributed by atoms with van der Waals surface area (Å²) < 4.78 is 0.880. The number of rotatable bonds is 2. The van der Waals surface area contributed by atoms with E-state index in [2.05, 4.69) is 27.3 Å². The first kappa shape index (κ1) is 13.1. The molecule has 1 aliphatic rings. The van der Waals surface area contributed by atoms with Crippen LogP contribution in [0.4, 0.5) is 0 Å². The number of nitriles is 1. The Bertz CT molecular complexity index is 493. The Balaban J connectivity index is 2.19. The summed E-state index contributed by atoms with van der Waals surface area (Å²) in [4.78, 5) is 12.2. The van der Waals surface area contributed by atoms with Crippen molar-refractivity contribution in [3.8, 4) is 6.07 Å². The Morgan fingerprint density at radius 1 is 1.39 bits per heavy atom. The quantitative estimate of drug-likeness (QED) is 0.911. The number of hydrogen-bond donors (Lipinski definition) is 1. The number of nitrogens with one attached hydrogen (secondary N) is 1. The van der Waals surface area contributed by atoms with E-state index in [1.165, 1.54) is 0 Å². The zero-order valence-corrected chi connectivity index (χ0v) is 11.9. The van der Waals surface area contributed by atoms with E-state index in [9.17, 15) is 10.1 Å². The summed E-state index contributed by atoms with van der Waals surface area (Å²) in [5, 5.41) is 12.1. The van der Waals surface area contributed by atoms with Gasteiger partial charge in [-0.25, -0.2) is 0 Å². The Kier molecular flexibility index (Phi) is 3.72. The summed E-state index contributed by atoms with van der Waals surface area (Å²) in [6.45, 7) is 1.94. The first-order chi connectivity index (χ1) is 8.54. The minimum atomic E-state index is -0.659. The third-order valence-corrected chi connectivity index (χ3v) is 3.79. The summed E-state index contributed by atoms with van der Waals surface area (Å²) in [6.07, 6.45) is 3.52. The molecule has 1 aliphatic carbocycles. The maximum absolute atomic E-state index is 12.2. The smallest absolute Gasteiger partial charge is 0.252 e. The summed E-state index contributed by atoms with van der Waals surface area (Å²) >= 11 is 3.38. The number of amides is 1. The molecular formula is C14H15BrN2O. The number of carbonyl (C=O) groups excluding carboxylic acids is 1. The lowest BCUT2D eigenvalue weighted by Gasteiger charge is -2.22. The van der Waals surface area contributed by atoms with Crippen LogP contribution in [0.25, 0.3) is 0 Å². The number of nitrogens with zero attached hydrogens (tertiary/aromatic N) is 1. The van der Waals surface area contributed by atoms with Gasteiger partial charge in [0.25, 0.3) is 5.91 Å². The van der Waals surface area contributed by atoms with E-state index < -0.39 is 5.54 Å². The predicted molar refractivity (Wildman–Crippen MR) is 73.2 cm³/mol. The van der Waals surface area contributed by atoms with Crippen molar-refractivity contribution in [2.45, 2.75) is 38.1 Å². The lowest BCUT2D eigenvalue weighted by atomic mass is 9.99. The van der Waals surface area contributed by atoms with Crippen LogP contribution in [-0.4, -0.2) is 11.4 Å². The molecule has 4 heteroatoms. The highest BCUT2D eigenvalue weighted by atomic mass is 79.9. The first-order valence-corrected chi connectivity index (χ1v) is 6.85. The normalized spacial score (nSPS) is 17.2. The molecule has 0 heterocycles. The number of hydrogen-bond acceptors (Lipinski definition) is 2. The average molecular weight is 307 g/mol. The van der Waals surface area contributed by atoms with Gasteiger partial charge in [0.1, 0.15) is 5.54 Å². The largest absolute Gasteiger partial charge is 0.334 e. The van der Waals surface area contributed by atoms with Gasteiger partial charge >= 0.3 is 0 Å². The predicted octanol–water partition coefficient (Wildman–Crippen LogP) is 3.32. The third kappa shape index (κ3) is 2.73. The molecule has 0 bridgehead atoms. The van der Waals surface area contributed by atoms with Crippen LogP contribution in [0.3, 0.4) is 0 Å². The molecule has 3 nitrogen and oxygen atoms in total. The fourth-order valence-electron chi connectivity index (χ4n) is 2.40. The number of carbonyl (C=O) groups is 1. The van der Waals surface area contributed by atoms with Crippen molar-refractivity contribution in [3.63, 3.8) is 0 Å². The molecule has 1 fully saturated rings. The van der Waals surface area contributed by atoms with E-state index in [1.807, 2.05) is 19.1 Å². The first-order valence-electron chi connectivity index (χ1n) is 6.06. The van der Waals surface area contributed by atoms with Crippen molar-refractivity contribution in [1.29, 1.82) is 5.26 Å². The van der Waals surface area contributed by atoms with Crippen molar-refractivity contribution >= 4 is 21.8 Å². The molecule has 0 saturated heterocycles. The summed E-state index contributed by atoms with van der Waals surface area (Å²) in [7, 11) is 0. The average Bonchev–Trinajstić information content (AvgIpc) is 2.77. The minimum absolute atomic E-state index is 0.164. The molecular weight excluding hydrogens is 292 g/mol. The molecule has 0 unspecified atom stereocenters. The van der Waals surface area contributed by atoms with Crippen LogP contribution in [0.2, 0.25) is 0 Å². The van der Waals surface area contributed by atoms with E-state index in [0.717, 1.165) is 35.7 Å². The monoisotopic (exact) mass is 306 g/mol. The maximum atomic E-state index is 12.2. The highest BCUT2D eigenvalue weighted by Crippen LogP contribution is 2.29. The molecule has 1 saturated carbocycles. The zero-order valence-electron chi connectivity index (χ0n) is 10.3. The van der Waals surface area contributed by atoms with Gasteiger partial charge in [0.15, 0.2) is 0 Å². The van der Waals surface area contributed by atoms with Gasteiger partial charge in [0.2, 0.25) is 0 Å². The Labute approximate surface area is 115 Å². The molecule has 1 aromatic carbocycles. The number of benzene rings is 1. The maximum Gasteiger partial charge on any atom is 0.252 e. The van der Waals surface area contributed by atoms with Gasteiger partial charge in [-0.3, -0.25) is 4.79 Å². The third-order valence-electron chi connectivity index (χ3n) is 3.33. The molecule has 0 aliphatic heterocycles. The zero-order chi connectivity index (χ0) is 13.2. The standard InChI is InChI=1S/C14H15BrN2O/c1-10-6-11(8-12(15)7-10)13(18)17-14(9-16)4-2-3-5-14/h6-8H,2-5H2,1H3,(H,17,18). The number of aryl methyl sites for hydroxylation is 1. The van der Waals surface area contributed by atoms with E-state index in [4.69, 9.17) is 0 Å². The molecule has 0 radical (unpaired) electrons. The molecule has 1 aromatic rings. The molecule has 18 heavy (non-hydrogen) atoms. The fourth-order valence-corrected chi connectivity index (χ4v) is 3.01. The molecule has 0 atom stereocenters. The highest BCUT2D eigenvalue weighted by molar-refractivity contribution is 9.10. The van der Waals surface area contributed by atoms with Crippen LogP contribution in [0.15, 0.2) is 22.7 Å². The number of halogens is 1. The van der Waals surface area contributed by atoms with Gasteiger partial charge in [-0.05, 0) is 56.4 Å². The molecule has 1 amide bonds. The van der Waals surface area contributed by atoms with Crippen molar-refractivity contribution in [3.05, 3.63) is 33.8 Å². The van der Waals surface area contributed by atoms with Gasteiger partial charge in [-0.1, -0.05) is 15.9 Å². The van der Waals surface area contributed by atoms with Crippen molar-refractivity contribution in [2.24, 2.45) is 0 Å². The van der Waals surface area contributed by atoms with Crippen LogP contribution in [0.1, 0.15) is 41.6 Å². The second-order valence-corrected chi connectivity index (χ2v) is 5.79. The van der Waals surface area contributed by atoms with E-state index >= 15 is 0 Å². The topological polar surface area (TPSA) is 52.9 Å². The Hall–Kier alpha value is -1.34. The Morgan fingerprint density at radius 3 is 2.61 bits per heavy atom. The van der Waals surface area contributed by atoms with Gasteiger partial charge < -0.3 is 5.32 Å². The van der Waals surface area contributed by atoms with Gasteiger partial charge in [0.05, 0.1) is 6.07 Å². The molecule has 0 spiro atoms. The Morgan fingerprint density at radius 2 is 2.06 bits per heavy atom. The molecule has 94 valence electrons. The van der Waals surface area contributed by atoms with Gasteiger partial charge in [0, 0.05) is 10.0 Å². The molecule has 0 aromatic heterocycles. The SMILES string of the molecule is Cc1cc(Br)cc(C(=O)NC2(C#N)CCCC2)c1. The van der Waals surface area contributed by atoms with E-state index in [-0.39, 0.29) is 5.91 Å². The summed E-state index contributed by atoms with van der Waals surface area (Å²) in [5.74, 6) is -0.164. The highest BCUT2D eigenvalue weighted by Gasteiger charge is 2.35. The van der Waals surface area contributed by atoms with Crippen molar-refractivity contribution < 1.29 is 4.79 Å². The minimum Gasteiger partial charge on any atom is -0.334 e. The van der Waals surface area contributed by atoms with Crippen LogP contribution in [0.5, 0.6) is 0 Å². The second kappa shape index (κ2) is 5.11. The van der Waals surface area contributed by atoms with Crippen molar-refractivity contribution in [1.82, 2.24) is 5.32 Å². The fraction of sp³-hybridized carbons (Fsp3) is 0.429.